The maximum Gasteiger partial charge on any atom is 0.472 e. The van der Waals surface area contributed by atoms with Gasteiger partial charge in [-0.05, 0) is 44.9 Å². The zero-order valence-electron chi connectivity index (χ0n) is 34.9. The van der Waals surface area contributed by atoms with Crippen LogP contribution in [0.5, 0.6) is 0 Å². The van der Waals surface area contributed by atoms with Gasteiger partial charge in [-0.2, -0.15) is 0 Å². The number of carbonyl (C=O) groups excluding carboxylic acids is 2. The molecule has 0 aromatic rings. The Labute approximate surface area is 342 Å². The van der Waals surface area contributed by atoms with Crippen molar-refractivity contribution in [2.24, 2.45) is 0 Å². The first-order valence-corrected chi connectivity index (χ1v) is 23.3. The van der Waals surface area contributed by atoms with Crippen LogP contribution in [0.15, 0.2) is 36.5 Å². The summed E-state index contributed by atoms with van der Waals surface area (Å²) < 4.78 is 33.4. The van der Waals surface area contributed by atoms with E-state index in [1.165, 1.54) is 44.9 Å². The van der Waals surface area contributed by atoms with E-state index >= 15 is 0 Å². The minimum Gasteiger partial charge on any atom is -0.462 e. The van der Waals surface area contributed by atoms with Gasteiger partial charge in [0.2, 0.25) is 0 Å². The van der Waals surface area contributed by atoms with Gasteiger partial charge in [0.25, 0.3) is 0 Å². The molecule has 0 aliphatic heterocycles. The summed E-state index contributed by atoms with van der Waals surface area (Å²) in [6.45, 7) is 3.16. The fraction of sp³-hybridized carbons (Fsp3) is 0.814. The highest BCUT2D eigenvalue weighted by atomic mass is 31.2. The Morgan fingerprint density at radius 1 is 0.561 bits per heavy atom. The SMILES string of the molecule is CC/C=C\C/C=C\C/C=C\CCCCCCCCCC(=O)OC(COC(=O)CCCCCCCCCCCCC)COP(=O)(O)OC1C(O)C(O)C(O)C(O)C1O. The van der Waals surface area contributed by atoms with Crippen molar-refractivity contribution >= 4 is 19.8 Å². The predicted molar refractivity (Wildman–Crippen MR) is 221 cm³/mol. The van der Waals surface area contributed by atoms with Gasteiger partial charge in [0, 0.05) is 12.8 Å². The van der Waals surface area contributed by atoms with E-state index in [1.54, 1.807) is 0 Å². The van der Waals surface area contributed by atoms with E-state index in [0.29, 0.717) is 12.8 Å². The van der Waals surface area contributed by atoms with Crippen molar-refractivity contribution in [2.75, 3.05) is 13.2 Å². The number of allylic oxidation sites excluding steroid dienone is 6. The number of phosphoric ester groups is 1. The van der Waals surface area contributed by atoms with Crippen LogP contribution in [0.25, 0.3) is 0 Å². The zero-order valence-corrected chi connectivity index (χ0v) is 35.8. The van der Waals surface area contributed by atoms with Gasteiger partial charge in [0.05, 0.1) is 6.61 Å². The topological polar surface area (TPSA) is 210 Å². The normalized spacial score (nSPS) is 23.0. The molecule has 0 saturated heterocycles. The third kappa shape index (κ3) is 26.7. The molecule has 332 valence electrons. The molecule has 0 heterocycles. The number of ether oxygens (including phenoxy) is 2. The van der Waals surface area contributed by atoms with E-state index in [0.717, 1.165) is 83.5 Å². The van der Waals surface area contributed by atoms with Gasteiger partial charge in [-0.1, -0.05) is 147 Å². The molecule has 13 nitrogen and oxygen atoms in total. The molecule has 0 radical (unpaired) electrons. The van der Waals surface area contributed by atoms with E-state index in [2.05, 4.69) is 50.3 Å². The summed E-state index contributed by atoms with van der Waals surface area (Å²) in [5.74, 6) is -1.11. The van der Waals surface area contributed by atoms with Crippen molar-refractivity contribution in [3.8, 4) is 0 Å². The average Bonchev–Trinajstić information content (AvgIpc) is 3.19. The molecule has 1 aliphatic rings. The number of phosphoric acid groups is 1. The quantitative estimate of drug-likeness (QED) is 0.0156. The minimum absolute atomic E-state index is 0.0865. The Bertz CT molecular complexity index is 1150. The molecule has 6 atom stereocenters. The maximum atomic E-state index is 12.8. The van der Waals surface area contributed by atoms with Crippen LogP contribution in [0, 0.1) is 0 Å². The molecule has 0 aromatic heterocycles. The van der Waals surface area contributed by atoms with Crippen molar-refractivity contribution in [3.63, 3.8) is 0 Å². The highest BCUT2D eigenvalue weighted by molar-refractivity contribution is 7.47. The molecule has 14 heteroatoms. The summed E-state index contributed by atoms with van der Waals surface area (Å²) >= 11 is 0. The number of esters is 2. The van der Waals surface area contributed by atoms with Gasteiger partial charge in [-0.15, -0.1) is 0 Å². The molecule has 1 aliphatic carbocycles. The summed E-state index contributed by atoms with van der Waals surface area (Å²) in [4.78, 5) is 35.6. The van der Waals surface area contributed by atoms with E-state index in [9.17, 15) is 44.6 Å². The average molecular weight is 833 g/mol. The second kappa shape index (κ2) is 33.9. The first-order valence-electron chi connectivity index (χ1n) is 21.8. The molecule has 0 amide bonds. The van der Waals surface area contributed by atoms with Crippen molar-refractivity contribution < 1.29 is 63.1 Å². The Kier molecular flexibility index (Phi) is 31.5. The highest BCUT2D eigenvalue weighted by Crippen LogP contribution is 2.47. The fourth-order valence-corrected chi connectivity index (χ4v) is 7.45. The lowest BCUT2D eigenvalue weighted by molar-refractivity contribution is -0.220. The lowest BCUT2D eigenvalue weighted by atomic mass is 9.85. The Morgan fingerprint density at radius 3 is 1.53 bits per heavy atom. The van der Waals surface area contributed by atoms with Gasteiger partial charge < -0.3 is 39.9 Å². The molecule has 57 heavy (non-hydrogen) atoms. The predicted octanol–water partition coefficient (Wildman–Crippen LogP) is 7.83. The molecule has 1 fully saturated rings. The Balaban J connectivity index is 2.48. The van der Waals surface area contributed by atoms with Crippen LogP contribution < -0.4 is 0 Å². The fourth-order valence-electron chi connectivity index (χ4n) is 6.48. The van der Waals surface area contributed by atoms with Crippen molar-refractivity contribution in [2.45, 2.75) is 211 Å². The first-order chi connectivity index (χ1) is 27.4. The van der Waals surface area contributed by atoms with Crippen LogP contribution in [0.4, 0.5) is 0 Å². The number of aliphatic hydroxyl groups is 5. The minimum atomic E-state index is -5.11. The van der Waals surface area contributed by atoms with Crippen LogP contribution in [0.1, 0.15) is 168 Å². The largest absolute Gasteiger partial charge is 0.472 e. The standard InChI is InChI=1S/C43H77O13P/c1-3-5-7-9-11-13-15-16-17-18-19-20-22-24-26-28-30-32-37(45)55-35(33-53-36(44)31-29-27-25-23-21-14-12-10-8-6-4-2)34-54-57(51,52)56-43-41(49)39(47)38(46)40(48)42(43)50/h5,7,11,13,16-17,35,38-43,46-50H,3-4,6,8-10,12,14-15,18-34H2,1-2H3,(H,51,52)/b7-5-,13-11-,17-16-. The van der Waals surface area contributed by atoms with Crippen LogP contribution in [0.3, 0.4) is 0 Å². The summed E-state index contributed by atoms with van der Waals surface area (Å²) in [6, 6.07) is 0. The van der Waals surface area contributed by atoms with Crippen molar-refractivity contribution in [1.82, 2.24) is 0 Å². The smallest absolute Gasteiger partial charge is 0.462 e. The molecular formula is C43H77O13P. The molecule has 0 aromatic carbocycles. The van der Waals surface area contributed by atoms with Crippen molar-refractivity contribution in [3.05, 3.63) is 36.5 Å². The van der Waals surface area contributed by atoms with Crippen LogP contribution in [-0.4, -0.2) is 98.3 Å². The summed E-state index contributed by atoms with van der Waals surface area (Å²) in [7, 11) is -5.11. The Morgan fingerprint density at radius 2 is 1.00 bits per heavy atom. The number of carbonyl (C=O) groups is 2. The monoisotopic (exact) mass is 833 g/mol. The number of unbranched alkanes of at least 4 members (excludes halogenated alkanes) is 17. The molecular weight excluding hydrogens is 755 g/mol. The lowest BCUT2D eigenvalue weighted by Crippen LogP contribution is -2.64. The van der Waals surface area contributed by atoms with E-state index < -0.39 is 75.7 Å². The third-order valence-electron chi connectivity index (χ3n) is 10.00. The van der Waals surface area contributed by atoms with Crippen LogP contribution >= 0.6 is 7.82 Å². The molecule has 1 saturated carbocycles. The molecule has 6 unspecified atom stereocenters. The number of hydrogen-bond donors (Lipinski definition) is 6. The number of hydrogen-bond acceptors (Lipinski definition) is 12. The van der Waals surface area contributed by atoms with Crippen LogP contribution in [0.2, 0.25) is 0 Å². The van der Waals surface area contributed by atoms with Gasteiger partial charge in [0.15, 0.2) is 6.10 Å². The first kappa shape index (κ1) is 53.1. The molecule has 6 N–H and O–H groups in total. The summed E-state index contributed by atoms with van der Waals surface area (Å²) in [6.07, 6.45) is 23.5. The number of rotatable bonds is 35. The highest BCUT2D eigenvalue weighted by Gasteiger charge is 2.51. The Hall–Kier alpha value is -1.93. The lowest BCUT2D eigenvalue weighted by Gasteiger charge is -2.41. The molecule has 0 spiro atoms. The maximum absolute atomic E-state index is 12.8. The van der Waals surface area contributed by atoms with Crippen molar-refractivity contribution in [1.29, 1.82) is 0 Å². The van der Waals surface area contributed by atoms with E-state index in [4.69, 9.17) is 18.5 Å². The van der Waals surface area contributed by atoms with Gasteiger partial charge >= 0.3 is 19.8 Å². The van der Waals surface area contributed by atoms with Gasteiger partial charge in [-0.25, -0.2) is 4.57 Å². The van der Waals surface area contributed by atoms with Gasteiger partial charge in [0.1, 0.15) is 43.2 Å². The molecule has 0 bridgehead atoms. The van der Waals surface area contributed by atoms with Gasteiger partial charge in [-0.3, -0.25) is 18.6 Å². The number of aliphatic hydroxyl groups excluding tert-OH is 5. The third-order valence-corrected chi connectivity index (χ3v) is 11.0. The zero-order chi connectivity index (χ0) is 42.2. The summed E-state index contributed by atoms with van der Waals surface area (Å²) in [5.41, 5.74) is 0. The van der Waals surface area contributed by atoms with Crippen LogP contribution in [-0.2, 0) is 32.7 Å². The second-order valence-electron chi connectivity index (χ2n) is 15.2. The summed E-state index contributed by atoms with van der Waals surface area (Å²) in [5, 5.41) is 50.0. The van der Waals surface area contributed by atoms with E-state index in [-0.39, 0.29) is 12.8 Å². The second-order valence-corrected chi connectivity index (χ2v) is 16.6. The molecule has 1 rings (SSSR count). The van der Waals surface area contributed by atoms with E-state index in [1.807, 2.05) is 0 Å².